The fourth-order valence-electron chi connectivity index (χ4n) is 2.78. The average Bonchev–Trinajstić information content (AvgIpc) is 2.81. The molecule has 6 heteroatoms. The number of nitrogens with two attached hydrogens (primary N) is 1. The minimum absolute atomic E-state index is 0.179. The van der Waals surface area contributed by atoms with Crippen LogP contribution in [0.2, 0.25) is 0 Å². The standard InChI is InChI=1S/C17H22N4S2/c1-13(16(12-18)17(19)22)20-8-3-9-21(11-10-20)14-4-6-15(23-2)7-5-14/h4-7H,3,8-11H2,1-2H3,(H2,19,22). The summed E-state index contributed by atoms with van der Waals surface area (Å²) in [4.78, 5) is 6.07. The lowest BCUT2D eigenvalue weighted by Crippen LogP contribution is -2.31. The number of nitrogens with zero attached hydrogens (tertiary/aromatic N) is 3. The van der Waals surface area contributed by atoms with Crippen LogP contribution in [-0.4, -0.2) is 42.3 Å². The van der Waals surface area contributed by atoms with Crippen LogP contribution >= 0.6 is 24.0 Å². The molecule has 0 radical (unpaired) electrons. The average molecular weight is 347 g/mol. The first-order valence-electron chi connectivity index (χ1n) is 7.61. The highest BCUT2D eigenvalue weighted by atomic mass is 32.2. The summed E-state index contributed by atoms with van der Waals surface area (Å²) in [5, 5.41) is 9.23. The van der Waals surface area contributed by atoms with Gasteiger partial charge in [0.2, 0.25) is 0 Å². The lowest BCUT2D eigenvalue weighted by atomic mass is 10.2. The van der Waals surface area contributed by atoms with E-state index in [-0.39, 0.29) is 4.99 Å². The van der Waals surface area contributed by atoms with Crippen molar-refractivity contribution in [1.82, 2.24) is 4.90 Å². The second-order valence-electron chi connectivity index (χ2n) is 5.46. The van der Waals surface area contributed by atoms with Crippen molar-refractivity contribution >= 4 is 34.7 Å². The van der Waals surface area contributed by atoms with E-state index in [9.17, 15) is 5.26 Å². The van der Waals surface area contributed by atoms with E-state index < -0.39 is 0 Å². The van der Waals surface area contributed by atoms with Gasteiger partial charge in [0.15, 0.2) is 0 Å². The Bertz CT molecular complexity index is 631. The first-order valence-corrected chi connectivity index (χ1v) is 9.25. The SMILES string of the molecule is CSc1ccc(N2CCCN(C(C)=C(C#N)C(N)=S)CC2)cc1. The number of anilines is 1. The van der Waals surface area contributed by atoms with Gasteiger partial charge in [-0.3, -0.25) is 0 Å². The van der Waals surface area contributed by atoms with E-state index in [0.29, 0.717) is 5.57 Å². The van der Waals surface area contributed by atoms with Crippen molar-refractivity contribution in [1.29, 1.82) is 5.26 Å². The molecule has 1 aromatic carbocycles. The van der Waals surface area contributed by atoms with Gasteiger partial charge in [0.1, 0.15) is 16.6 Å². The summed E-state index contributed by atoms with van der Waals surface area (Å²) in [5.41, 5.74) is 8.22. The molecule has 1 saturated heterocycles. The molecular weight excluding hydrogens is 324 g/mol. The van der Waals surface area contributed by atoms with Gasteiger partial charge in [0.05, 0.1) is 0 Å². The van der Waals surface area contributed by atoms with Crippen molar-refractivity contribution in [3.8, 4) is 6.07 Å². The molecule has 1 aromatic rings. The predicted octanol–water partition coefficient (Wildman–Crippen LogP) is 3.00. The normalized spacial score (nSPS) is 16.4. The summed E-state index contributed by atoms with van der Waals surface area (Å²) in [6.45, 7) is 5.65. The van der Waals surface area contributed by atoms with E-state index in [0.717, 1.165) is 38.3 Å². The number of thioether (sulfide) groups is 1. The van der Waals surface area contributed by atoms with Crippen LogP contribution in [0.4, 0.5) is 5.69 Å². The number of thiocarbonyl (C=S) groups is 1. The lowest BCUT2D eigenvalue weighted by molar-refractivity contribution is 0.369. The molecule has 1 aliphatic rings. The molecule has 0 aromatic heterocycles. The number of benzene rings is 1. The molecule has 0 saturated carbocycles. The molecular formula is C17H22N4S2. The Labute approximate surface area is 147 Å². The van der Waals surface area contributed by atoms with Crippen molar-refractivity contribution in [3.05, 3.63) is 35.5 Å². The first kappa shape index (κ1) is 17.6. The van der Waals surface area contributed by atoms with Crippen molar-refractivity contribution in [3.63, 3.8) is 0 Å². The number of rotatable bonds is 4. The Hall–Kier alpha value is -1.71. The van der Waals surface area contributed by atoms with Crippen molar-refractivity contribution < 1.29 is 0 Å². The maximum Gasteiger partial charge on any atom is 0.116 e. The largest absolute Gasteiger partial charge is 0.389 e. The number of nitriles is 1. The molecule has 0 amide bonds. The molecule has 1 heterocycles. The zero-order chi connectivity index (χ0) is 16.8. The van der Waals surface area contributed by atoms with Gasteiger partial charge in [-0.1, -0.05) is 12.2 Å². The van der Waals surface area contributed by atoms with Crippen LogP contribution in [-0.2, 0) is 0 Å². The third kappa shape index (κ3) is 4.40. The van der Waals surface area contributed by atoms with E-state index in [1.54, 1.807) is 11.8 Å². The van der Waals surface area contributed by atoms with E-state index >= 15 is 0 Å². The zero-order valence-corrected chi connectivity index (χ0v) is 15.2. The summed E-state index contributed by atoms with van der Waals surface area (Å²) >= 11 is 6.73. The fraction of sp³-hybridized carbons (Fsp3) is 0.412. The minimum atomic E-state index is 0.179. The molecule has 1 fully saturated rings. The van der Waals surface area contributed by atoms with E-state index in [1.807, 2.05) is 6.92 Å². The van der Waals surface area contributed by atoms with E-state index in [4.69, 9.17) is 18.0 Å². The van der Waals surface area contributed by atoms with Crippen molar-refractivity contribution in [2.75, 3.05) is 37.3 Å². The van der Waals surface area contributed by atoms with Gasteiger partial charge < -0.3 is 15.5 Å². The quantitative estimate of drug-likeness (QED) is 0.391. The molecule has 0 aliphatic carbocycles. The summed E-state index contributed by atoms with van der Waals surface area (Å²) in [7, 11) is 0. The Balaban J connectivity index is 2.10. The van der Waals surface area contributed by atoms with Crippen LogP contribution in [0.1, 0.15) is 13.3 Å². The molecule has 122 valence electrons. The van der Waals surface area contributed by atoms with Gasteiger partial charge in [0.25, 0.3) is 0 Å². The van der Waals surface area contributed by atoms with Crippen molar-refractivity contribution in [2.45, 2.75) is 18.2 Å². The third-order valence-corrected chi connectivity index (χ3v) is 5.08. The summed E-state index contributed by atoms with van der Waals surface area (Å²) in [5.74, 6) is 0. The summed E-state index contributed by atoms with van der Waals surface area (Å²) in [6.07, 6.45) is 3.13. The highest BCUT2D eigenvalue weighted by Crippen LogP contribution is 2.22. The molecule has 2 rings (SSSR count). The second kappa shape index (κ2) is 8.23. The Morgan fingerprint density at radius 3 is 2.48 bits per heavy atom. The van der Waals surface area contributed by atoms with Gasteiger partial charge in [0, 0.05) is 42.5 Å². The van der Waals surface area contributed by atoms with Crippen LogP contribution in [0.3, 0.4) is 0 Å². The van der Waals surface area contributed by atoms with Gasteiger partial charge >= 0.3 is 0 Å². The maximum absolute atomic E-state index is 9.23. The Morgan fingerprint density at radius 2 is 1.91 bits per heavy atom. The van der Waals surface area contributed by atoms with E-state index in [1.165, 1.54) is 10.6 Å². The highest BCUT2D eigenvalue weighted by Gasteiger charge is 2.18. The molecule has 0 bridgehead atoms. The molecule has 23 heavy (non-hydrogen) atoms. The van der Waals surface area contributed by atoms with Crippen LogP contribution < -0.4 is 10.6 Å². The fourth-order valence-corrected chi connectivity index (χ4v) is 3.38. The first-order chi connectivity index (χ1) is 11.1. The number of allylic oxidation sites excluding steroid dienone is 1. The second-order valence-corrected chi connectivity index (χ2v) is 6.78. The van der Waals surface area contributed by atoms with E-state index in [2.05, 4.69) is 46.4 Å². The Kier molecular flexibility index (Phi) is 6.31. The molecule has 0 spiro atoms. The number of hydrogen-bond acceptors (Lipinski definition) is 5. The summed E-state index contributed by atoms with van der Waals surface area (Å²) < 4.78 is 0. The molecule has 0 unspecified atom stereocenters. The minimum Gasteiger partial charge on any atom is -0.389 e. The molecule has 1 aliphatic heterocycles. The number of hydrogen-bond donors (Lipinski definition) is 1. The van der Waals surface area contributed by atoms with Crippen LogP contribution in [0, 0.1) is 11.3 Å². The van der Waals surface area contributed by atoms with Crippen LogP contribution in [0.15, 0.2) is 40.4 Å². The van der Waals surface area contributed by atoms with Gasteiger partial charge in [-0.15, -0.1) is 11.8 Å². The van der Waals surface area contributed by atoms with Gasteiger partial charge in [-0.2, -0.15) is 5.26 Å². The topological polar surface area (TPSA) is 56.3 Å². The third-order valence-electron chi connectivity index (χ3n) is 4.13. The highest BCUT2D eigenvalue weighted by molar-refractivity contribution is 7.98. The van der Waals surface area contributed by atoms with Gasteiger partial charge in [-0.25, -0.2) is 0 Å². The zero-order valence-electron chi connectivity index (χ0n) is 13.6. The molecule has 2 N–H and O–H groups in total. The maximum atomic E-state index is 9.23. The van der Waals surface area contributed by atoms with Crippen molar-refractivity contribution in [2.24, 2.45) is 5.73 Å². The van der Waals surface area contributed by atoms with Crippen LogP contribution in [0.25, 0.3) is 0 Å². The molecule has 4 nitrogen and oxygen atoms in total. The predicted molar refractivity (Wildman–Crippen MR) is 102 cm³/mol. The smallest absolute Gasteiger partial charge is 0.116 e. The summed E-state index contributed by atoms with van der Waals surface area (Å²) in [6, 6.07) is 10.8. The van der Waals surface area contributed by atoms with Crippen LogP contribution in [0.5, 0.6) is 0 Å². The molecule has 0 atom stereocenters. The lowest BCUT2D eigenvalue weighted by Gasteiger charge is -2.26. The monoisotopic (exact) mass is 346 g/mol. The van der Waals surface area contributed by atoms with Gasteiger partial charge in [-0.05, 0) is 43.9 Å². The Morgan fingerprint density at radius 1 is 1.22 bits per heavy atom.